The molecule has 0 radical (unpaired) electrons. The van der Waals surface area contributed by atoms with Crippen LogP contribution in [0.3, 0.4) is 0 Å². The van der Waals surface area contributed by atoms with Gasteiger partial charge in [-0.3, -0.25) is 10.1 Å². The summed E-state index contributed by atoms with van der Waals surface area (Å²) in [5, 5.41) is 12.8. The van der Waals surface area contributed by atoms with Crippen molar-refractivity contribution >= 4 is 33.7 Å². The number of para-hydroxylation sites is 5. The molecule has 4 aromatic carbocycles. The fraction of sp³-hybridized carbons (Fsp3) is 0. The van der Waals surface area contributed by atoms with Gasteiger partial charge in [-0.25, -0.2) is 0 Å². The van der Waals surface area contributed by atoms with Crippen LogP contribution in [0.2, 0.25) is 0 Å². The normalized spacial score (nSPS) is 12.1. The Balaban J connectivity index is 1.74. The number of fused-ring (bicyclic) bond motifs is 2. The Morgan fingerprint density at radius 2 is 1.35 bits per heavy atom. The Hall–Kier alpha value is -4.38. The minimum Gasteiger partial charge on any atom is -0.306 e. The molecule has 0 spiro atoms. The molecule has 5 aromatic rings. The van der Waals surface area contributed by atoms with Crippen molar-refractivity contribution in [3.63, 3.8) is 0 Å². The summed E-state index contributed by atoms with van der Waals surface area (Å²) in [5.74, 6) is 0. The first-order valence-electron chi connectivity index (χ1n) is 10.1. The third kappa shape index (κ3) is 2.50. The Labute approximate surface area is 178 Å². The summed E-state index contributed by atoms with van der Waals surface area (Å²) in [5.41, 5.74) is 6.71. The molecule has 1 aromatic heterocycles. The zero-order valence-electron chi connectivity index (χ0n) is 16.5. The van der Waals surface area contributed by atoms with Crippen LogP contribution in [-0.4, -0.2) is 9.49 Å². The topological polar surface area (TPSA) is 51.3 Å². The number of hydrogen-bond donors (Lipinski definition) is 0. The van der Waals surface area contributed by atoms with Crippen LogP contribution in [0, 0.1) is 10.1 Å². The minimum absolute atomic E-state index is 0.103. The van der Waals surface area contributed by atoms with Gasteiger partial charge in [0.1, 0.15) is 0 Å². The van der Waals surface area contributed by atoms with Crippen LogP contribution in [0.25, 0.3) is 27.8 Å². The molecule has 0 amide bonds. The van der Waals surface area contributed by atoms with Crippen molar-refractivity contribution in [1.82, 2.24) is 4.57 Å². The molecule has 0 N–H and O–H groups in total. The van der Waals surface area contributed by atoms with E-state index in [1.165, 1.54) is 0 Å². The number of rotatable bonds is 3. The Kier molecular flexibility index (Phi) is 3.70. The maximum atomic E-state index is 11.8. The zero-order chi connectivity index (χ0) is 20.9. The van der Waals surface area contributed by atoms with E-state index < -0.39 is 0 Å². The van der Waals surface area contributed by atoms with E-state index in [0.29, 0.717) is 5.56 Å². The van der Waals surface area contributed by atoms with E-state index in [9.17, 15) is 10.1 Å². The average molecular weight is 403 g/mol. The molecule has 0 unspecified atom stereocenters. The number of nitro benzene ring substituents is 1. The first-order chi connectivity index (χ1) is 15.2. The average Bonchev–Trinajstić information content (AvgIpc) is 3.21. The van der Waals surface area contributed by atoms with Gasteiger partial charge in [-0.15, -0.1) is 0 Å². The Morgan fingerprint density at radius 3 is 2.16 bits per heavy atom. The highest BCUT2D eigenvalue weighted by atomic mass is 16.6. The van der Waals surface area contributed by atoms with Crippen molar-refractivity contribution in [2.75, 3.05) is 4.90 Å². The van der Waals surface area contributed by atoms with Gasteiger partial charge in [0.05, 0.1) is 38.8 Å². The Bertz CT molecular complexity index is 1470. The van der Waals surface area contributed by atoms with Gasteiger partial charge < -0.3 is 9.47 Å². The molecular formula is C26H17N3O2. The maximum absolute atomic E-state index is 11.8. The Morgan fingerprint density at radius 1 is 0.677 bits per heavy atom. The lowest BCUT2D eigenvalue weighted by molar-refractivity contribution is -0.384. The highest BCUT2D eigenvalue weighted by Crippen LogP contribution is 2.49. The van der Waals surface area contributed by atoms with Crippen molar-refractivity contribution in [1.29, 1.82) is 0 Å². The van der Waals surface area contributed by atoms with Gasteiger partial charge in [-0.2, -0.15) is 0 Å². The summed E-state index contributed by atoms with van der Waals surface area (Å²) in [6.45, 7) is 0. The van der Waals surface area contributed by atoms with Gasteiger partial charge >= 0.3 is 0 Å². The summed E-state index contributed by atoms with van der Waals surface area (Å²) in [4.78, 5) is 13.7. The van der Waals surface area contributed by atoms with Crippen LogP contribution in [0.4, 0.5) is 22.7 Å². The summed E-state index contributed by atoms with van der Waals surface area (Å²) in [6.07, 6.45) is 0. The van der Waals surface area contributed by atoms with E-state index in [0.717, 1.165) is 39.3 Å². The van der Waals surface area contributed by atoms with E-state index in [4.69, 9.17) is 0 Å². The molecule has 0 aliphatic carbocycles. The van der Waals surface area contributed by atoms with E-state index in [-0.39, 0.29) is 10.6 Å². The minimum atomic E-state index is -0.313. The van der Waals surface area contributed by atoms with Crippen LogP contribution in [0.5, 0.6) is 0 Å². The van der Waals surface area contributed by atoms with Crippen LogP contribution < -0.4 is 4.90 Å². The molecule has 31 heavy (non-hydrogen) atoms. The van der Waals surface area contributed by atoms with Crippen molar-refractivity contribution in [2.24, 2.45) is 0 Å². The first kappa shape index (κ1) is 17.5. The van der Waals surface area contributed by atoms with Gasteiger partial charge in [0.15, 0.2) is 0 Å². The van der Waals surface area contributed by atoms with Gasteiger partial charge in [0.2, 0.25) is 0 Å². The van der Waals surface area contributed by atoms with E-state index in [2.05, 4.69) is 45.9 Å². The summed E-state index contributed by atoms with van der Waals surface area (Å²) in [6, 6.07) is 33.6. The highest BCUT2D eigenvalue weighted by molar-refractivity contribution is 6.05. The third-order valence-corrected chi connectivity index (χ3v) is 5.80. The number of anilines is 3. The molecule has 0 fully saturated rings. The fourth-order valence-electron chi connectivity index (χ4n) is 4.55. The molecular weight excluding hydrogens is 386 g/mol. The van der Waals surface area contributed by atoms with Gasteiger partial charge in [-0.1, -0.05) is 54.6 Å². The van der Waals surface area contributed by atoms with Gasteiger partial charge in [-0.05, 0) is 42.5 Å². The maximum Gasteiger partial charge on any atom is 0.278 e. The van der Waals surface area contributed by atoms with Crippen LogP contribution >= 0.6 is 0 Å². The summed E-state index contributed by atoms with van der Waals surface area (Å²) in [7, 11) is 0. The van der Waals surface area contributed by atoms with E-state index in [1.54, 1.807) is 12.1 Å². The monoisotopic (exact) mass is 403 g/mol. The van der Waals surface area contributed by atoms with Crippen molar-refractivity contribution < 1.29 is 4.92 Å². The highest BCUT2D eigenvalue weighted by Gasteiger charge is 2.29. The molecule has 5 nitrogen and oxygen atoms in total. The number of benzene rings is 4. The molecule has 0 saturated heterocycles. The largest absolute Gasteiger partial charge is 0.306 e. The van der Waals surface area contributed by atoms with Crippen molar-refractivity contribution in [3.05, 3.63) is 113 Å². The quantitative estimate of drug-likeness (QED) is 0.236. The number of nitro groups is 1. The van der Waals surface area contributed by atoms with E-state index >= 15 is 0 Å². The number of hydrogen-bond acceptors (Lipinski definition) is 3. The lowest BCUT2D eigenvalue weighted by atomic mass is 10.1. The number of nitrogens with zero attached hydrogens (tertiary/aromatic N) is 3. The lowest BCUT2D eigenvalue weighted by Gasteiger charge is -2.33. The fourth-order valence-corrected chi connectivity index (χ4v) is 4.55. The van der Waals surface area contributed by atoms with Crippen molar-refractivity contribution in [2.45, 2.75) is 0 Å². The third-order valence-electron chi connectivity index (χ3n) is 5.80. The predicted octanol–water partition coefficient (Wildman–Crippen LogP) is 6.99. The second-order valence-electron chi connectivity index (χ2n) is 7.51. The predicted molar refractivity (Wildman–Crippen MR) is 124 cm³/mol. The van der Waals surface area contributed by atoms with Crippen LogP contribution in [-0.2, 0) is 0 Å². The second kappa shape index (κ2) is 6.57. The van der Waals surface area contributed by atoms with Gasteiger partial charge in [0, 0.05) is 17.1 Å². The summed E-state index contributed by atoms with van der Waals surface area (Å²) >= 11 is 0. The molecule has 0 saturated carbocycles. The first-order valence-corrected chi connectivity index (χ1v) is 10.1. The molecule has 1 aliphatic heterocycles. The standard InChI is InChI=1S/C26H17N3O2/c30-29(31)21-13-5-4-12-20(21)25-17-18-9-8-16-24-26(18)28(25)23-15-7-6-14-22(23)27(24)19-10-2-1-3-11-19/h1-17H. The molecule has 1 aliphatic rings. The SMILES string of the molecule is O=[N+]([O-])c1ccccc1-c1cc2cccc3c2n1-c1ccccc1N3c1ccccc1. The molecule has 5 heteroatoms. The molecule has 6 rings (SSSR count). The van der Waals surface area contributed by atoms with Crippen molar-refractivity contribution in [3.8, 4) is 16.9 Å². The molecule has 0 atom stereocenters. The van der Waals surface area contributed by atoms with Crippen LogP contribution in [0.15, 0.2) is 103 Å². The number of aromatic nitrogens is 1. The second-order valence-corrected chi connectivity index (χ2v) is 7.51. The van der Waals surface area contributed by atoms with Gasteiger partial charge in [0.25, 0.3) is 5.69 Å². The lowest BCUT2D eigenvalue weighted by Crippen LogP contribution is -2.18. The molecule has 0 bridgehead atoms. The van der Waals surface area contributed by atoms with Crippen LogP contribution in [0.1, 0.15) is 0 Å². The molecule has 148 valence electrons. The smallest absolute Gasteiger partial charge is 0.278 e. The molecule has 2 heterocycles. The zero-order valence-corrected chi connectivity index (χ0v) is 16.5. The summed E-state index contributed by atoms with van der Waals surface area (Å²) < 4.78 is 2.15. The van der Waals surface area contributed by atoms with E-state index in [1.807, 2.05) is 54.6 Å².